The minimum absolute atomic E-state index is 0.0618. The van der Waals surface area contributed by atoms with Crippen LogP contribution in [0.4, 0.5) is 5.69 Å². The van der Waals surface area contributed by atoms with Gasteiger partial charge in [-0.1, -0.05) is 12.8 Å². The van der Waals surface area contributed by atoms with Gasteiger partial charge in [0.15, 0.2) is 0 Å². The Kier molecular flexibility index (Phi) is 5.08. The second-order valence-electron chi connectivity index (χ2n) is 5.50. The summed E-state index contributed by atoms with van der Waals surface area (Å²) in [4.78, 5) is 33.3. The van der Waals surface area contributed by atoms with Gasteiger partial charge < -0.3 is 10.4 Å². The highest BCUT2D eigenvalue weighted by Crippen LogP contribution is 2.29. The predicted octanol–water partition coefficient (Wildman–Crippen LogP) is 2.22. The molecule has 1 saturated carbocycles. The molecule has 2 N–H and O–H groups in total. The first-order valence-electron chi connectivity index (χ1n) is 7.24. The van der Waals surface area contributed by atoms with Crippen LogP contribution in [0.5, 0.6) is 0 Å². The lowest BCUT2D eigenvalue weighted by Crippen LogP contribution is -2.37. The molecule has 1 aromatic rings. The number of carboxylic acid groups (broad SMARTS) is 1. The third kappa shape index (κ3) is 3.81. The molecule has 0 spiro atoms. The zero-order valence-electron chi connectivity index (χ0n) is 12.0. The van der Waals surface area contributed by atoms with E-state index in [1.54, 1.807) is 0 Å². The van der Waals surface area contributed by atoms with E-state index in [4.69, 9.17) is 0 Å². The number of carboxylic acids is 1. The number of hydrogen-bond donors (Lipinski definition) is 2. The first kappa shape index (κ1) is 15.9. The summed E-state index contributed by atoms with van der Waals surface area (Å²) >= 11 is 0. The number of benzene rings is 1. The van der Waals surface area contributed by atoms with Crippen LogP contribution in [0.15, 0.2) is 24.3 Å². The maximum Gasteiger partial charge on any atom is 0.306 e. The van der Waals surface area contributed by atoms with Crippen molar-refractivity contribution in [2.45, 2.75) is 25.7 Å². The van der Waals surface area contributed by atoms with E-state index in [1.165, 1.54) is 24.3 Å². The van der Waals surface area contributed by atoms with Gasteiger partial charge in [-0.05, 0) is 30.9 Å². The molecule has 0 aliphatic heterocycles. The number of aliphatic carboxylic acids is 1. The largest absolute Gasteiger partial charge is 0.481 e. The Balaban J connectivity index is 1.94. The SMILES string of the molecule is O=C(NCC1CCCCC1C(=O)O)c1ccc([N+](=O)[O-])cc1. The number of nitro benzene ring substituents is 1. The van der Waals surface area contributed by atoms with E-state index in [9.17, 15) is 24.8 Å². The van der Waals surface area contributed by atoms with Crippen LogP contribution in [0.2, 0.25) is 0 Å². The number of hydrogen-bond acceptors (Lipinski definition) is 4. The molecular weight excluding hydrogens is 288 g/mol. The van der Waals surface area contributed by atoms with Crippen molar-refractivity contribution in [3.63, 3.8) is 0 Å². The van der Waals surface area contributed by atoms with Crippen LogP contribution in [0, 0.1) is 22.0 Å². The fourth-order valence-electron chi connectivity index (χ4n) is 2.84. The molecule has 2 rings (SSSR count). The molecule has 7 heteroatoms. The number of nitro groups is 1. The molecular formula is C15H18N2O5. The molecule has 1 aromatic carbocycles. The van der Waals surface area contributed by atoms with Crippen molar-refractivity contribution in [3.8, 4) is 0 Å². The van der Waals surface area contributed by atoms with Gasteiger partial charge in [0.1, 0.15) is 0 Å². The molecule has 7 nitrogen and oxygen atoms in total. The van der Waals surface area contributed by atoms with Crippen molar-refractivity contribution in [3.05, 3.63) is 39.9 Å². The predicted molar refractivity (Wildman–Crippen MR) is 78.5 cm³/mol. The zero-order valence-corrected chi connectivity index (χ0v) is 12.0. The molecule has 22 heavy (non-hydrogen) atoms. The monoisotopic (exact) mass is 306 g/mol. The molecule has 0 saturated heterocycles. The number of nitrogens with one attached hydrogen (secondary N) is 1. The van der Waals surface area contributed by atoms with Crippen molar-refractivity contribution in [1.29, 1.82) is 0 Å². The zero-order chi connectivity index (χ0) is 16.1. The van der Waals surface area contributed by atoms with Gasteiger partial charge in [0.25, 0.3) is 11.6 Å². The molecule has 1 aliphatic carbocycles. The third-order valence-electron chi connectivity index (χ3n) is 4.09. The minimum Gasteiger partial charge on any atom is -0.481 e. The number of amides is 1. The smallest absolute Gasteiger partial charge is 0.306 e. The third-order valence-corrected chi connectivity index (χ3v) is 4.09. The van der Waals surface area contributed by atoms with Crippen LogP contribution in [0.3, 0.4) is 0 Å². The highest BCUT2D eigenvalue weighted by Gasteiger charge is 2.30. The summed E-state index contributed by atoms with van der Waals surface area (Å²) in [5.74, 6) is -1.63. The molecule has 0 aromatic heterocycles. The van der Waals surface area contributed by atoms with Gasteiger partial charge in [-0.3, -0.25) is 19.7 Å². The normalized spacial score (nSPS) is 21.1. The Labute approximate surface area is 127 Å². The fraction of sp³-hybridized carbons (Fsp3) is 0.467. The molecule has 2 atom stereocenters. The average molecular weight is 306 g/mol. The molecule has 0 heterocycles. The summed E-state index contributed by atoms with van der Waals surface area (Å²) in [7, 11) is 0. The lowest BCUT2D eigenvalue weighted by molar-refractivity contribution is -0.384. The lowest BCUT2D eigenvalue weighted by atomic mass is 9.79. The highest BCUT2D eigenvalue weighted by molar-refractivity contribution is 5.94. The Morgan fingerprint density at radius 2 is 1.86 bits per heavy atom. The van der Waals surface area contributed by atoms with E-state index in [2.05, 4.69) is 5.32 Å². The van der Waals surface area contributed by atoms with Gasteiger partial charge in [0, 0.05) is 24.2 Å². The second-order valence-corrected chi connectivity index (χ2v) is 5.50. The Morgan fingerprint density at radius 3 is 2.45 bits per heavy atom. The van der Waals surface area contributed by atoms with Crippen LogP contribution in [0.25, 0.3) is 0 Å². The van der Waals surface area contributed by atoms with Crippen molar-refractivity contribution in [2.24, 2.45) is 11.8 Å². The van der Waals surface area contributed by atoms with Gasteiger partial charge >= 0.3 is 5.97 Å². The van der Waals surface area contributed by atoms with Gasteiger partial charge in [-0.2, -0.15) is 0 Å². The van der Waals surface area contributed by atoms with Crippen molar-refractivity contribution in [2.75, 3.05) is 6.54 Å². The molecule has 1 fully saturated rings. The Morgan fingerprint density at radius 1 is 1.23 bits per heavy atom. The van der Waals surface area contributed by atoms with E-state index in [-0.39, 0.29) is 17.5 Å². The van der Waals surface area contributed by atoms with E-state index in [0.29, 0.717) is 18.5 Å². The van der Waals surface area contributed by atoms with Crippen molar-refractivity contribution < 1.29 is 19.6 Å². The molecule has 118 valence electrons. The second kappa shape index (κ2) is 7.02. The highest BCUT2D eigenvalue weighted by atomic mass is 16.6. The lowest BCUT2D eigenvalue weighted by Gasteiger charge is -2.28. The summed E-state index contributed by atoms with van der Waals surface area (Å²) in [6.07, 6.45) is 3.32. The first-order chi connectivity index (χ1) is 10.5. The van der Waals surface area contributed by atoms with Gasteiger partial charge in [-0.25, -0.2) is 0 Å². The number of nitrogens with zero attached hydrogens (tertiary/aromatic N) is 1. The minimum atomic E-state index is -0.811. The van der Waals surface area contributed by atoms with Crippen molar-refractivity contribution >= 4 is 17.6 Å². The number of carbonyl (C=O) groups excluding carboxylic acids is 1. The van der Waals surface area contributed by atoms with E-state index < -0.39 is 16.8 Å². The summed E-state index contributed by atoms with van der Waals surface area (Å²) < 4.78 is 0. The van der Waals surface area contributed by atoms with Crippen LogP contribution in [-0.4, -0.2) is 28.5 Å². The van der Waals surface area contributed by atoms with E-state index in [1.807, 2.05) is 0 Å². The fourth-order valence-corrected chi connectivity index (χ4v) is 2.84. The number of carbonyl (C=O) groups is 2. The number of non-ortho nitro benzene ring substituents is 1. The van der Waals surface area contributed by atoms with E-state index >= 15 is 0 Å². The summed E-state index contributed by atoms with van der Waals surface area (Å²) in [5.41, 5.74) is 0.253. The molecule has 2 unspecified atom stereocenters. The molecule has 0 radical (unpaired) electrons. The summed E-state index contributed by atoms with van der Waals surface area (Å²) in [5, 5.41) is 22.5. The van der Waals surface area contributed by atoms with Gasteiger partial charge in [0.05, 0.1) is 10.8 Å². The van der Waals surface area contributed by atoms with Crippen LogP contribution < -0.4 is 5.32 Å². The summed E-state index contributed by atoms with van der Waals surface area (Å²) in [6.45, 7) is 0.312. The molecule has 0 bridgehead atoms. The maximum atomic E-state index is 12.0. The van der Waals surface area contributed by atoms with Gasteiger partial charge in [0.2, 0.25) is 0 Å². The Hall–Kier alpha value is -2.44. The van der Waals surface area contributed by atoms with Crippen molar-refractivity contribution in [1.82, 2.24) is 5.32 Å². The maximum absolute atomic E-state index is 12.0. The summed E-state index contributed by atoms with van der Waals surface area (Å²) in [6, 6.07) is 5.33. The quantitative estimate of drug-likeness (QED) is 0.640. The van der Waals surface area contributed by atoms with E-state index in [0.717, 1.165) is 19.3 Å². The van der Waals surface area contributed by atoms with Gasteiger partial charge in [-0.15, -0.1) is 0 Å². The first-order valence-corrected chi connectivity index (χ1v) is 7.24. The van der Waals surface area contributed by atoms with Crippen LogP contribution in [-0.2, 0) is 4.79 Å². The standard InChI is InChI=1S/C15H18N2O5/c18-14(10-5-7-12(8-6-10)17(21)22)16-9-11-3-1-2-4-13(11)15(19)20/h5-8,11,13H,1-4,9H2,(H,16,18)(H,19,20). The van der Waals surface area contributed by atoms with Crippen LogP contribution >= 0.6 is 0 Å². The number of rotatable bonds is 5. The molecule has 1 aliphatic rings. The molecule has 1 amide bonds. The topological polar surface area (TPSA) is 110 Å². The average Bonchev–Trinajstić information content (AvgIpc) is 2.52. The van der Waals surface area contributed by atoms with Crippen LogP contribution in [0.1, 0.15) is 36.0 Å². The Bertz CT molecular complexity index is 570.